The van der Waals surface area contributed by atoms with Crippen LogP contribution < -0.4 is 4.72 Å². The maximum absolute atomic E-state index is 12.7. The monoisotopic (exact) mass is 424 g/mol. The molecule has 1 aromatic carbocycles. The van der Waals surface area contributed by atoms with Gasteiger partial charge >= 0.3 is 0 Å². The van der Waals surface area contributed by atoms with E-state index in [1.54, 1.807) is 24.3 Å². The van der Waals surface area contributed by atoms with Gasteiger partial charge in [0.1, 0.15) is 4.21 Å². The van der Waals surface area contributed by atoms with Gasteiger partial charge in [-0.25, -0.2) is 13.1 Å². The van der Waals surface area contributed by atoms with Crippen molar-refractivity contribution in [3.8, 4) is 0 Å². The lowest BCUT2D eigenvalue weighted by atomic mass is 9.84. The number of carbonyl (C=O) groups is 1. The number of rotatable bonds is 5. The first kappa shape index (κ1) is 18.9. The smallest absolute Gasteiger partial charge is 0.250 e. The number of nitrogens with one attached hydrogen (secondary N) is 1. The van der Waals surface area contributed by atoms with E-state index >= 15 is 0 Å². The van der Waals surface area contributed by atoms with E-state index in [2.05, 4.69) is 4.72 Å². The Bertz CT molecular complexity index is 967. The molecule has 0 atom stereocenters. The molecule has 1 amide bonds. The third-order valence-corrected chi connectivity index (χ3v) is 8.58. The molecule has 0 unspecified atom stereocenters. The first-order valence-electron chi connectivity index (χ1n) is 9.07. The van der Waals surface area contributed by atoms with Crippen LogP contribution in [0, 0.1) is 5.92 Å². The van der Waals surface area contributed by atoms with Crippen LogP contribution in [-0.2, 0) is 34.3 Å². The number of sulfonamides is 1. The molecule has 1 saturated carbocycles. The molecular weight excluding hydrogens is 404 g/mol. The predicted molar refractivity (Wildman–Crippen MR) is 106 cm³/mol. The number of thiophene rings is 1. The molecular formula is C19H21ClN2O3S2. The molecule has 0 saturated heterocycles. The second-order valence-corrected chi connectivity index (χ2v) is 10.7. The molecule has 2 heterocycles. The fraction of sp³-hybridized carbons (Fsp3) is 0.421. The van der Waals surface area contributed by atoms with E-state index in [0.29, 0.717) is 22.3 Å². The summed E-state index contributed by atoms with van der Waals surface area (Å²) in [7, 11) is -3.59. The SMILES string of the molecule is O=C(C1CCC1)N1CCc2sc(S(=O)(=O)NCc3cccc(Cl)c3)cc2C1. The number of nitrogens with zero attached hydrogens (tertiary/aromatic N) is 1. The third-order valence-electron chi connectivity index (χ3n) is 5.23. The first-order chi connectivity index (χ1) is 12.9. The van der Waals surface area contributed by atoms with Gasteiger partial charge in [-0.2, -0.15) is 0 Å². The summed E-state index contributed by atoms with van der Waals surface area (Å²) in [6, 6.07) is 8.85. The summed E-state index contributed by atoms with van der Waals surface area (Å²) in [6.45, 7) is 1.39. The van der Waals surface area contributed by atoms with Crippen LogP contribution >= 0.6 is 22.9 Å². The minimum atomic E-state index is -3.59. The van der Waals surface area contributed by atoms with Gasteiger partial charge in [0.05, 0.1) is 0 Å². The molecule has 1 aliphatic carbocycles. The maximum Gasteiger partial charge on any atom is 0.250 e. The predicted octanol–water partition coefficient (Wildman–Crippen LogP) is 3.56. The van der Waals surface area contributed by atoms with Crippen molar-refractivity contribution < 1.29 is 13.2 Å². The van der Waals surface area contributed by atoms with Crippen molar-refractivity contribution in [3.63, 3.8) is 0 Å². The van der Waals surface area contributed by atoms with Gasteiger partial charge in [0, 0.05) is 35.5 Å². The molecule has 2 aliphatic rings. The van der Waals surface area contributed by atoms with Crippen LogP contribution in [-0.4, -0.2) is 25.8 Å². The van der Waals surface area contributed by atoms with Crippen LogP contribution in [0.25, 0.3) is 0 Å². The highest BCUT2D eigenvalue weighted by molar-refractivity contribution is 7.91. The molecule has 1 fully saturated rings. The van der Waals surface area contributed by atoms with Gasteiger partial charge in [0.25, 0.3) is 0 Å². The van der Waals surface area contributed by atoms with Crippen LogP contribution in [0.1, 0.15) is 35.3 Å². The highest BCUT2D eigenvalue weighted by atomic mass is 35.5. The van der Waals surface area contributed by atoms with Gasteiger partial charge in [-0.15, -0.1) is 11.3 Å². The molecule has 0 spiro atoms. The fourth-order valence-electron chi connectivity index (χ4n) is 3.44. The van der Waals surface area contributed by atoms with Crippen molar-refractivity contribution in [1.29, 1.82) is 0 Å². The number of carbonyl (C=O) groups excluding carboxylic acids is 1. The molecule has 1 aliphatic heterocycles. The Balaban J connectivity index is 1.45. The van der Waals surface area contributed by atoms with Gasteiger partial charge in [-0.05, 0) is 48.6 Å². The van der Waals surface area contributed by atoms with Crippen LogP contribution in [0.4, 0.5) is 0 Å². The second kappa shape index (κ2) is 7.54. The zero-order chi connectivity index (χ0) is 19.0. The number of amides is 1. The van der Waals surface area contributed by atoms with Crippen molar-refractivity contribution in [2.24, 2.45) is 5.92 Å². The lowest BCUT2D eigenvalue weighted by molar-refractivity contribution is -0.139. The standard InChI is InChI=1S/C19H21ClN2O3S2/c20-16-6-1-3-13(9-16)11-21-27(24,25)18-10-15-12-22(8-7-17(15)26-18)19(23)14-4-2-5-14/h1,3,6,9-10,14,21H,2,4-5,7-8,11-12H2. The quantitative estimate of drug-likeness (QED) is 0.797. The number of hydrogen-bond donors (Lipinski definition) is 1. The molecule has 27 heavy (non-hydrogen) atoms. The summed E-state index contributed by atoms with van der Waals surface area (Å²) in [5.41, 5.74) is 1.77. The van der Waals surface area contributed by atoms with Crippen LogP contribution in [0.3, 0.4) is 0 Å². The van der Waals surface area contributed by atoms with E-state index in [4.69, 9.17) is 11.6 Å². The molecule has 0 radical (unpaired) electrons. The van der Waals surface area contributed by atoms with Crippen molar-refractivity contribution in [2.45, 2.75) is 43.0 Å². The zero-order valence-corrected chi connectivity index (χ0v) is 17.2. The summed E-state index contributed by atoms with van der Waals surface area (Å²) in [5, 5.41) is 0.578. The van der Waals surface area contributed by atoms with Gasteiger partial charge in [-0.3, -0.25) is 4.79 Å². The average molecular weight is 425 g/mol. The second-order valence-electron chi connectivity index (χ2n) is 7.11. The first-order valence-corrected chi connectivity index (χ1v) is 11.7. The molecule has 4 rings (SSSR count). The Morgan fingerprint density at radius 2 is 2.11 bits per heavy atom. The summed E-state index contributed by atoms with van der Waals surface area (Å²) in [5.74, 6) is 0.398. The molecule has 1 N–H and O–H groups in total. The summed E-state index contributed by atoms with van der Waals surface area (Å²) >= 11 is 7.26. The van der Waals surface area contributed by atoms with Crippen molar-refractivity contribution in [2.75, 3.05) is 6.54 Å². The minimum Gasteiger partial charge on any atom is -0.338 e. The van der Waals surface area contributed by atoms with E-state index in [9.17, 15) is 13.2 Å². The maximum atomic E-state index is 12.7. The Hall–Kier alpha value is -1.41. The van der Waals surface area contributed by atoms with Gasteiger partial charge in [0.15, 0.2) is 0 Å². The molecule has 5 nitrogen and oxygen atoms in total. The topological polar surface area (TPSA) is 66.5 Å². The highest BCUT2D eigenvalue weighted by Crippen LogP contribution is 2.34. The fourth-order valence-corrected chi connectivity index (χ4v) is 6.25. The van der Waals surface area contributed by atoms with E-state index in [-0.39, 0.29) is 18.4 Å². The lowest BCUT2D eigenvalue weighted by Crippen LogP contribution is -2.41. The van der Waals surface area contributed by atoms with Crippen LogP contribution in [0.5, 0.6) is 0 Å². The average Bonchev–Trinajstić information content (AvgIpc) is 3.03. The minimum absolute atomic E-state index is 0.174. The largest absolute Gasteiger partial charge is 0.338 e. The number of benzene rings is 1. The Morgan fingerprint density at radius 3 is 2.81 bits per heavy atom. The summed E-state index contributed by atoms with van der Waals surface area (Å²) in [4.78, 5) is 15.4. The van der Waals surface area contributed by atoms with Crippen molar-refractivity contribution >= 4 is 38.9 Å². The Morgan fingerprint density at radius 1 is 1.30 bits per heavy atom. The van der Waals surface area contributed by atoms with Crippen molar-refractivity contribution in [3.05, 3.63) is 51.4 Å². The lowest BCUT2D eigenvalue weighted by Gasteiger charge is -2.33. The number of fused-ring (bicyclic) bond motifs is 1. The van der Waals surface area contributed by atoms with E-state index < -0.39 is 10.0 Å². The van der Waals surface area contributed by atoms with Crippen molar-refractivity contribution in [1.82, 2.24) is 9.62 Å². The molecule has 144 valence electrons. The third kappa shape index (κ3) is 4.06. The Kier molecular flexibility index (Phi) is 5.29. The van der Waals surface area contributed by atoms with Gasteiger partial charge in [0.2, 0.25) is 15.9 Å². The zero-order valence-electron chi connectivity index (χ0n) is 14.8. The van der Waals surface area contributed by atoms with Crippen LogP contribution in [0.2, 0.25) is 5.02 Å². The van der Waals surface area contributed by atoms with E-state index in [0.717, 1.165) is 41.7 Å². The van der Waals surface area contributed by atoms with E-state index in [1.807, 2.05) is 11.0 Å². The molecule has 8 heteroatoms. The van der Waals surface area contributed by atoms with Gasteiger partial charge in [-0.1, -0.05) is 30.2 Å². The molecule has 2 aromatic rings. The number of hydrogen-bond acceptors (Lipinski definition) is 4. The number of halogens is 1. The summed E-state index contributed by atoms with van der Waals surface area (Å²) < 4.78 is 28.3. The highest BCUT2D eigenvalue weighted by Gasteiger charge is 2.32. The Labute approximate surface area is 168 Å². The molecule has 0 bridgehead atoms. The van der Waals surface area contributed by atoms with Crippen LogP contribution in [0.15, 0.2) is 34.5 Å². The normalized spacial score (nSPS) is 17.4. The summed E-state index contributed by atoms with van der Waals surface area (Å²) in [6.07, 6.45) is 3.83. The van der Waals surface area contributed by atoms with E-state index in [1.165, 1.54) is 11.3 Å². The van der Waals surface area contributed by atoms with Gasteiger partial charge < -0.3 is 4.90 Å². The molecule has 1 aromatic heterocycles.